The van der Waals surface area contributed by atoms with Gasteiger partial charge in [-0.25, -0.2) is 0 Å². The molecule has 1 aliphatic rings. The first kappa shape index (κ1) is 16.4. The molecule has 1 atom stereocenters. The number of likely N-dealkylation sites (N-methyl/N-ethyl adjacent to an activating group) is 1. The van der Waals surface area contributed by atoms with Crippen molar-refractivity contribution >= 4 is 39.9 Å². The molecule has 1 aromatic carbocycles. The molecular formula is C13H19BrClN3O. The molecule has 4 nitrogen and oxygen atoms in total. The van der Waals surface area contributed by atoms with Crippen LogP contribution in [0.2, 0.25) is 0 Å². The quantitative estimate of drug-likeness (QED) is 0.876. The summed E-state index contributed by atoms with van der Waals surface area (Å²) in [6.07, 6.45) is 1.11. The lowest BCUT2D eigenvalue weighted by molar-refractivity contribution is -0.117. The van der Waals surface area contributed by atoms with Gasteiger partial charge < -0.3 is 10.6 Å². The predicted molar refractivity (Wildman–Crippen MR) is 83.9 cm³/mol. The van der Waals surface area contributed by atoms with E-state index in [2.05, 4.69) is 31.5 Å². The lowest BCUT2D eigenvalue weighted by atomic mass is 10.2. The Kier molecular flexibility index (Phi) is 6.79. The van der Waals surface area contributed by atoms with Crippen LogP contribution in [0.15, 0.2) is 28.7 Å². The molecular weight excluding hydrogens is 330 g/mol. The fourth-order valence-corrected chi connectivity index (χ4v) is 2.51. The van der Waals surface area contributed by atoms with Gasteiger partial charge in [-0.05, 0) is 48.1 Å². The third-order valence-electron chi connectivity index (χ3n) is 3.20. The minimum Gasteiger partial charge on any atom is -0.324 e. The van der Waals surface area contributed by atoms with Crippen LogP contribution in [-0.2, 0) is 4.79 Å². The van der Waals surface area contributed by atoms with E-state index in [4.69, 9.17) is 0 Å². The molecule has 2 N–H and O–H groups in total. The van der Waals surface area contributed by atoms with Gasteiger partial charge in [0, 0.05) is 17.1 Å². The molecule has 1 fully saturated rings. The van der Waals surface area contributed by atoms with Crippen LogP contribution in [0.1, 0.15) is 6.42 Å². The average Bonchev–Trinajstić information content (AvgIpc) is 2.85. The van der Waals surface area contributed by atoms with Crippen LogP contribution in [0.25, 0.3) is 0 Å². The molecule has 2 rings (SSSR count). The van der Waals surface area contributed by atoms with Gasteiger partial charge in [0.05, 0.1) is 12.2 Å². The highest BCUT2D eigenvalue weighted by Gasteiger charge is 2.20. The smallest absolute Gasteiger partial charge is 0.238 e. The van der Waals surface area contributed by atoms with E-state index in [1.54, 1.807) is 0 Å². The molecule has 0 saturated carbocycles. The van der Waals surface area contributed by atoms with Crippen molar-refractivity contribution in [2.45, 2.75) is 12.5 Å². The molecule has 1 aromatic rings. The summed E-state index contributed by atoms with van der Waals surface area (Å²) in [4.78, 5) is 14.0. The molecule has 19 heavy (non-hydrogen) atoms. The molecule has 0 aromatic heterocycles. The maximum Gasteiger partial charge on any atom is 0.238 e. The van der Waals surface area contributed by atoms with E-state index in [0.717, 1.165) is 29.7 Å². The molecule has 1 aliphatic heterocycles. The Labute approximate surface area is 128 Å². The molecule has 0 radical (unpaired) electrons. The van der Waals surface area contributed by atoms with Gasteiger partial charge in [0.2, 0.25) is 5.91 Å². The number of para-hydroxylation sites is 1. The monoisotopic (exact) mass is 347 g/mol. The minimum absolute atomic E-state index is 0. The Morgan fingerprint density at radius 2 is 2.26 bits per heavy atom. The number of nitrogens with one attached hydrogen (secondary N) is 2. The molecule has 106 valence electrons. The second-order valence-electron chi connectivity index (χ2n) is 4.59. The number of anilines is 1. The summed E-state index contributed by atoms with van der Waals surface area (Å²) in [5.74, 6) is 0.0244. The fraction of sp³-hybridized carbons (Fsp3) is 0.462. The number of hydrogen-bond donors (Lipinski definition) is 2. The maximum atomic E-state index is 11.9. The van der Waals surface area contributed by atoms with Crippen molar-refractivity contribution in [3.05, 3.63) is 28.7 Å². The van der Waals surface area contributed by atoms with E-state index in [-0.39, 0.29) is 18.3 Å². The van der Waals surface area contributed by atoms with Gasteiger partial charge in [0.25, 0.3) is 0 Å². The molecule has 0 aliphatic carbocycles. The largest absolute Gasteiger partial charge is 0.324 e. The third kappa shape index (κ3) is 4.76. The molecule has 1 saturated heterocycles. The van der Waals surface area contributed by atoms with Crippen LogP contribution in [0.5, 0.6) is 0 Å². The van der Waals surface area contributed by atoms with E-state index >= 15 is 0 Å². The second-order valence-corrected chi connectivity index (χ2v) is 5.44. The number of halogens is 2. The van der Waals surface area contributed by atoms with Crippen molar-refractivity contribution in [2.75, 3.05) is 32.0 Å². The van der Waals surface area contributed by atoms with E-state index < -0.39 is 0 Å². The molecule has 6 heteroatoms. The summed E-state index contributed by atoms with van der Waals surface area (Å²) in [6, 6.07) is 8.11. The zero-order chi connectivity index (χ0) is 13.0. The number of rotatable bonds is 4. The second kappa shape index (κ2) is 7.85. The van der Waals surface area contributed by atoms with Gasteiger partial charge in [-0.2, -0.15) is 0 Å². The molecule has 0 spiro atoms. The summed E-state index contributed by atoms with van der Waals surface area (Å²) in [7, 11) is 2.00. The van der Waals surface area contributed by atoms with Gasteiger partial charge in [-0.15, -0.1) is 12.4 Å². The van der Waals surface area contributed by atoms with Crippen molar-refractivity contribution in [1.82, 2.24) is 10.2 Å². The van der Waals surface area contributed by atoms with Gasteiger partial charge in [-0.1, -0.05) is 12.1 Å². The Morgan fingerprint density at radius 3 is 2.89 bits per heavy atom. The normalized spacial score (nSPS) is 18.2. The van der Waals surface area contributed by atoms with Crippen LogP contribution in [0.4, 0.5) is 5.69 Å². The Bertz CT molecular complexity index is 424. The van der Waals surface area contributed by atoms with E-state index in [0.29, 0.717) is 12.6 Å². The third-order valence-corrected chi connectivity index (χ3v) is 3.89. The number of hydrogen-bond acceptors (Lipinski definition) is 3. The van der Waals surface area contributed by atoms with Crippen LogP contribution < -0.4 is 10.6 Å². The zero-order valence-electron chi connectivity index (χ0n) is 10.9. The van der Waals surface area contributed by atoms with Gasteiger partial charge in [0.1, 0.15) is 0 Å². The summed E-state index contributed by atoms with van der Waals surface area (Å²) in [5.41, 5.74) is 0.820. The standard InChI is InChI=1S/C13H18BrN3O.ClH/c1-17(10-6-7-15-8-10)9-13(18)16-12-5-3-2-4-11(12)14;/h2-5,10,15H,6-9H2,1H3,(H,16,18);1H. The predicted octanol–water partition coefficient (Wildman–Crippen LogP) is 2.10. The highest BCUT2D eigenvalue weighted by atomic mass is 79.9. The number of carbonyl (C=O) groups excluding carboxylic acids is 1. The lowest BCUT2D eigenvalue weighted by Gasteiger charge is -2.22. The van der Waals surface area contributed by atoms with Gasteiger partial charge in [0.15, 0.2) is 0 Å². The first-order valence-electron chi connectivity index (χ1n) is 6.12. The highest BCUT2D eigenvalue weighted by Crippen LogP contribution is 2.21. The van der Waals surface area contributed by atoms with Crippen molar-refractivity contribution in [2.24, 2.45) is 0 Å². The van der Waals surface area contributed by atoms with Crippen LogP contribution in [0, 0.1) is 0 Å². The SMILES string of the molecule is CN(CC(=O)Nc1ccccc1Br)C1CCNC1.Cl. The fourth-order valence-electron chi connectivity index (χ4n) is 2.12. The maximum absolute atomic E-state index is 11.9. The Hall–Kier alpha value is -0.620. The van der Waals surface area contributed by atoms with Crippen molar-refractivity contribution in [3.63, 3.8) is 0 Å². The highest BCUT2D eigenvalue weighted by molar-refractivity contribution is 9.10. The van der Waals surface area contributed by atoms with Crippen molar-refractivity contribution in [1.29, 1.82) is 0 Å². The Balaban J connectivity index is 0.00000180. The van der Waals surface area contributed by atoms with Crippen LogP contribution >= 0.6 is 28.3 Å². The first-order valence-corrected chi connectivity index (χ1v) is 6.91. The van der Waals surface area contributed by atoms with Crippen LogP contribution in [-0.4, -0.2) is 43.5 Å². The summed E-state index contributed by atoms with van der Waals surface area (Å²) in [6.45, 7) is 2.44. The topological polar surface area (TPSA) is 44.4 Å². The van der Waals surface area contributed by atoms with Gasteiger partial charge in [-0.3, -0.25) is 9.69 Å². The zero-order valence-corrected chi connectivity index (χ0v) is 13.3. The number of amides is 1. The molecule has 1 amide bonds. The van der Waals surface area contributed by atoms with Crippen molar-refractivity contribution < 1.29 is 4.79 Å². The number of nitrogens with zero attached hydrogens (tertiary/aromatic N) is 1. The van der Waals surface area contributed by atoms with Crippen LogP contribution in [0.3, 0.4) is 0 Å². The summed E-state index contributed by atoms with van der Waals surface area (Å²) in [5, 5.41) is 6.22. The van der Waals surface area contributed by atoms with E-state index in [1.165, 1.54) is 0 Å². The average molecular weight is 349 g/mol. The molecule has 0 bridgehead atoms. The van der Waals surface area contributed by atoms with E-state index in [1.807, 2.05) is 31.3 Å². The van der Waals surface area contributed by atoms with Gasteiger partial charge >= 0.3 is 0 Å². The molecule has 1 heterocycles. The lowest BCUT2D eigenvalue weighted by Crippen LogP contribution is -2.39. The van der Waals surface area contributed by atoms with E-state index in [9.17, 15) is 4.79 Å². The number of benzene rings is 1. The summed E-state index contributed by atoms with van der Waals surface area (Å²) >= 11 is 3.42. The molecule has 1 unspecified atom stereocenters. The number of carbonyl (C=O) groups is 1. The van der Waals surface area contributed by atoms with Crippen molar-refractivity contribution in [3.8, 4) is 0 Å². The first-order chi connectivity index (χ1) is 8.66. The summed E-state index contributed by atoms with van der Waals surface area (Å²) < 4.78 is 0.906. The Morgan fingerprint density at radius 1 is 1.53 bits per heavy atom. The minimum atomic E-state index is 0.